The van der Waals surface area contributed by atoms with Gasteiger partial charge in [0.25, 0.3) is 5.91 Å². The number of nitrogens with zero attached hydrogens (tertiary/aromatic N) is 2. The molecule has 1 heterocycles. The molecule has 194 valence electrons. The number of rotatable bonds is 6. The molecule has 0 atom stereocenters. The van der Waals surface area contributed by atoms with Crippen LogP contribution in [0.3, 0.4) is 0 Å². The number of nitrogens with one attached hydrogen (secondary N) is 1. The van der Waals surface area contributed by atoms with Gasteiger partial charge in [0.15, 0.2) is 5.78 Å². The van der Waals surface area contributed by atoms with Crippen LogP contribution in [0, 0.1) is 5.41 Å². The van der Waals surface area contributed by atoms with E-state index in [0.717, 1.165) is 42.6 Å². The maximum Gasteiger partial charge on any atom is 0.250 e. The lowest BCUT2D eigenvalue weighted by atomic mass is 9.75. The Kier molecular flexibility index (Phi) is 6.54. The van der Waals surface area contributed by atoms with Crippen molar-refractivity contribution in [3.05, 3.63) is 59.3 Å². The van der Waals surface area contributed by atoms with E-state index in [-0.39, 0.29) is 23.3 Å². The molecule has 0 radical (unpaired) electrons. The number of hydrogen-bond donors (Lipinski definition) is 3. The molecule has 4 N–H and O–H groups in total. The Morgan fingerprint density at radius 2 is 1.89 bits per heavy atom. The maximum atomic E-state index is 13.4. The second-order valence-electron chi connectivity index (χ2n) is 11.0. The number of carbonyl (C=O) groups excluding carboxylic acids is 2. The van der Waals surface area contributed by atoms with E-state index in [1.807, 2.05) is 41.1 Å². The normalized spacial score (nSPS) is 20.8. The molecule has 0 aliphatic heterocycles. The van der Waals surface area contributed by atoms with E-state index in [1.54, 1.807) is 13.2 Å². The number of ketones is 1. The molecule has 1 saturated carbocycles. The van der Waals surface area contributed by atoms with Crippen LogP contribution in [-0.4, -0.2) is 45.8 Å². The van der Waals surface area contributed by atoms with Crippen LogP contribution in [0.25, 0.3) is 16.9 Å². The predicted octanol–water partition coefficient (Wildman–Crippen LogP) is 4.52. The first-order chi connectivity index (χ1) is 17.6. The smallest absolute Gasteiger partial charge is 0.250 e. The van der Waals surface area contributed by atoms with Crippen molar-refractivity contribution in [2.24, 2.45) is 11.1 Å². The summed E-state index contributed by atoms with van der Waals surface area (Å²) in [4.78, 5) is 25.7. The number of ether oxygens (including phenoxy) is 1. The highest BCUT2D eigenvalue weighted by Gasteiger charge is 2.37. The summed E-state index contributed by atoms with van der Waals surface area (Å²) in [7, 11) is 1.61. The molecule has 2 aliphatic rings. The van der Waals surface area contributed by atoms with Gasteiger partial charge in [-0.05, 0) is 67.9 Å². The van der Waals surface area contributed by atoms with Crippen LogP contribution in [0.5, 0.6) is 5.75 Å². The Bertz CT molecular complexity index is 1350. The largest absolute Gasteiger partial charge is 0.497 e. The zero-order chi connectivity index (χ0) is 26.3. The Labute approximate surface area is 216 Å². The quantitative estimate of drug-likeness (QED) is 0.456. The molecule has 0 spiro atoms. The van der Waals surface area contributed by atoms with Gasteiger partial charge in [-0.15, -0.1) is 0 Å². The summed E-state index contributed by atoms with van der Waals surface area (Å²) in [5, 5.41) is 18.3. The summed E-state index contributed by atoms with van der Waals surface area (Å²) < 4.78 is 7.25. The lowest BCUT2D eigenvalue weighted by Crippen LogP contribution is -2.29. The standard InChI is InChI=1S/C29H34N4O4/c1-29(2)15-24-26(25(35)16-29)27(17-5-4-6-21(13-17)37-3)32-33(24)19-9-12-22(28(30)36)23(14-19)31-18-7-10-20(34)11-8-18/h4-6,9,12-14,18,20,31,34H,7-8,10-11,15-16H2,1-3H3,(H2,30,36). The van der Waals surface area contributed by atoms with Crippen molar-refractivity contribution < 1.29 is 19.4 Å². The summed E-state index contributed by atoms with van der Waals surface area (Å²) in [5.41, 5.74) is 10.2. The van der Waals surface area contributed by atoms with E-state index in [4.69, 9.17) is 15.6 Å². The fourth-order valence-electron chi connectivity index (χ4n) is 5.57. The van der Waals surface area contributed by atoms with Crippen LogP contribution in [0.2, 0.25) is 0 Å². The third kappa shape index (κ3) is 4.98. The SMILES string of the molecule is COc1cccc(-c2nn(-c3ccc(C(N)=O)c(NC4CCC(O)CC4)c3)c3c2C(=O)CC(C)(C)C3)c1. The van der Waals surface area contributed by atoms with E-state index >= 15 is 0 Å². The highest BCUT2D eigenvalue weighted by atomic mass is 16.5. The van der Waals surface area contributed by atoms with Gasteiger partial charge in [-0.2, -0.15) is 5.10 Å². The first-order valence-electron chi connectivity index (χ1n) is 12.8. The van der Waals surface area contributed by atoms with Gasteiger partial charge in [0.1, 0.15) is 11.4 Å². The zero-order valence-corrected chi connectivity index (χ0v) is 21.6. The van der Waals surface area contributed by atoms with Crippen LogP contribution in [-0.2, 0) is 6.42 Å². The van der Waals surface area contributed by atoms with Gasteiger partial charge in [0.2, 0.25) is 0 Å². The second-order valence-corrected chi connectivity index (χ2v) is 11.0. The lowest BCUT2D eigenvalue weighted by molar-refractivity contribution is 0.0910. The van der Waals surface area contributed by atoms with Gasteiger partial charge in [0, 0.05) is 23.7 Å². The van der Waals surface area contributed by atoms with E-state index < -0.39 is 5.91 Å². The van der Waals surface area contributed by atoms with E-state index in [9.17, 15) is 14.7 Å². The van der Waals surface area contributed by atoms with Gasteiger partial charge in [-0.1, -0.05) is 26.0 Å². The van der Waals surface area contributed by atoms with Crippen LogP contribution >= 0.6 is 0 Å². The summed E-state index contributed by atoms with van der Waals surface area (Å²) >= 11 is 0. The minimum Gasteiger partial charge on any atom is -0.497 e. The molecule has 2 aliphatic carbocycles. The summed E-state index contributed by atoms with van der Waals surface area (Å²) in [5.74, 6) is 0.253. The van der Waals surface area contributed by atoms with Crippen LogP contribution in [0.1, 0.15) is 72.4 Å². The number of methoxy groups -OCH3 is 1. The van der Waals surface area contributed by atoms with Crippen molar-refractivity contribution in [2.75, 3.05) is 12.4 Å². The van der Waals surface area contributed by atoms with Crippen LogP contribution in [0.4, 0.5) is 5.69 Å². The van der Waals surface area contributed by atoms with Gasteiger partial charge >= 0.3 is 0 Å². The topological polar surface area (TPSA) is 119 Å². The van der Waals surface area contributed by atoms with E-state index in [0.29, 0.717) is 41.1 Å². The minimum atomic E-state index is -0.513. The molecule has 5 rings (SSSR count). The lowest BCUT2D eigenvalue weighted by Gasteiger charge is -2.29. The fraction of sp³-hybridized carbons (Fsp3) is 0.414. The highest BCUT2D eigenvalue weighted by molar-refractivity contribution is 6.04. The Morgan fingerprint density at radius 1 is 1.14 bits per heavy atom. The van der Waals surface area contributed by atoms with Gasteiger partial charge in [0.05, 0.1) is 35.7 Å². The number of aromatic nitrogens is 2. The molecule has 0 bridgehead atoms. The maximum absolute atomic E-state index is 13.4. The van der Waals surface area contributed by atoms with Crippen molar-refractivity contribution in [1.82, 2.24) is 9.78 Å². The average molecular weight is 503 g/mol. The minimum absolute atomic E-state index is 0.0724. The monoisotopic (exact) mass is 502 g/mol. The first kappa shape index (κ1) is 25.0. The number of carbonyl (C=O) groups is 2. The van der Waals surface area contributed by atoms with Crippen LogP contribution < -0.4 is 15.8 Å². The highest BCUT2D eigenvalue weighted by Crippen LogP contribution is 2.41. The molecule has 37 heavy (non-hydrogen) atoms. The summed E-state index contributed by atoms with van der Waals surface area (Å²) in [6, 6.07) is 13.1. The van der Waals surface area contributed by atoms with Gasteiger partial charge in [-0.3, -0.25) is 9.59 Å². The van der Waals surface area contributed by atoms with E-state index in [1.165, 1.54) is 0 Å². The van der Waals surface area contributed by atoms with Gasteiger partial charge in [-0.25, -0.2) is 4.68 Å². The Morgan fingerprint density at radius 3 is 2.59 bits per heavy atom. The van der Waals surface area contributed by atoms with Crippen LogP contribution in [0.15, 0.2) is 42.5 Å². The molecule has 1 fully saturated rings. The van der Waals surface area contributed by atoms with Crippen molar-refractivity contribution in [2.45, 2.75) is 64.5 Å². The number of anilines is 1. The Balaban J connectivity index is 1.63. The van der Waals surface area contributed by atoms with Crippen molar-refractivity contribution in [1.29, 1.82) is 0 Å². The first-order valence-corrected chi connectivity index (χ1v) is 12.8. The molecule has 0 unspecified atom stereocenters. The molecule has 8 heteroatoms. The molecule has 1 aromatic heterocycles. The number of fused-ring (bicyclic) bond motifs is 1. The Hall–Kier alpha value is -3.65. The fourth-order valence-corrected chi connectivity index (χ4v) is 5.57. The number of nitrogens with two attached hydrogens (primary N) is 1. The summed E-state index contributed by atoms with van der Waals surface area (Å²) in [6.45, 7) is 4.19. The number of aliphatic hydroxyl groups is 1. The second kappa shape index (κ2) is 9.67. The molecular formula is C29H34N4O4. The van der Waals surface area contributed by atoms with Crippen molar-refractivity contribution >= 4 is 17.4 Å². The molecule has 1 amide bonds. The summed E-state index contributed by atoms with van der Waals surface area (Å²) in [6.07, 6.45) is 3.92. The zero-order valence-electron chi connectivity index (χ0n) is 21.6. The molecular weight excluding hydrogens is 468 g/mol. The number of benzene rings is 2. The molecule has 3 aromatic rings. The number of primary amides is 1. The molecule has 0 saturated heterocycles. The number of hydrogen-bond acceptors (Lipinski definition) is 6. The molecule has 2 aromatic carbocycles. The van der Waals surface area contributed by atoms with Crippen molar-refractivity contribution in [3.8, 4) is 22.7 Å². The van der Waals surface area contributed by atoms with E-state index in [2.05, 4.69) is 19.2 Å². The third-order valence-corrected chi connectivity index (χ3v) is 7.46. The number of Topliss-reactive ketones (excluding diaryl/α,β-unsaturated/α-hetero) is 1. The predicted molar refractivity (Wildman–Crippen MR) is 142 cm³/mol. The van der Waals surface area contributed by atoms with Crippen molar-refractivity contribution in [3.63, 3.8) is 0 Å². The average Bonchev–Trinajstić information content (AvgIpc) is 3.24. The third-order valence-electron chi connectivity index (χ3n) is 7.46. The van der Waals surface area contributed by atoms with Gasteiger partial charge < -0.3 is 20.9 Å². The number of aliphatic hydroxyl groups excluding tert-OH is 1. The number of amides is 1. The molecule has 8 nitrogen and oxygen atoms in total.